The summed E-state index contributed by atoms with van der Waals surface area (Å²) in [6.45, 7) is 3.58. The van der Waals surface area contributed by atoms with Crippen LogP contribution < -0.4 is 4.31 Å². The van der Waals surface area contributed by atoms with E-state index in [1.54, 1.807) is 0 Å². The van der Waals surface area contributed by atoms with Crippen LogP contribution in [0.2, 0.25) is 5.02 Å². The van der Waals surface area contributed by atoms with E-state index in [0.717, 1.165) is 10.4 Å². The summed E-state index contributed by atoms with van der Waals surface area (Å²) in [5.74, 6) is -0.507. The van der Waals surface area contributed by atoms with Crippen LogP contribution in [0.3, 0.4) is 0 Å². The summed E-state index contributed by atoms with van der Waals surface area (Å²) in [6.07, 6.45) is 1.44. The lowest BCUT2D eigenvalue weighted by atomic mass is 10.3. The third-order valence-electron chi connectivity index (χ3n) is 2.79. The molecule has 0 amide bonds. The molecule has 2 aromatic carbocycles. The van der Waals surface area contributed by atoms with E-state index in [0.29, 0.717) is 5.02 Å². The molecule has 0 unspecified atom stereocenters. The van der Waals surface area contributed by atoms with Gasteiger partial charge in [-0.05, 0) is 42.5 Å². The molecule has 0 atom stereocenters. The topological polar surface area (TPSA) is 37.4 Å². The van der Waals surface area contributed by atoms with Gasteiger partial charge in [-0.2, -0.15) is 0 Å². The molecule has 2 rings (SSSR count). The quantitative estimate of drug-likeness (QED) is 0.783. The highest BCUT2D eigenvalue weighted by Gasteiger charge is 2.24. The second-order valence-corrected chi connectivity index (χ2v) is 6.56. The van der Waals surface area contributed by atoms with Gasteiger partial charge in [-0.3, -0.25) is 4.31 Å². The summed E-state index contributed by atoms with van der Waals surface area (Å²) in [5.41, 5.74) is 0.241. The molecule has 21 heavy (non-hydrogen) atoms. The van der Waals surface area contributed by atoms with Crippen LogP contribution in [0.25, 0.3) is 0 Å². The second-order valence-electron chi connectivity index (χ2n) is 4.26. The van der Waals surface area contributed by atoms with Crippen molar-refractivity contribution in [2.75, 3.05) is 10.8 Å². The summed E-state index contributed by atoms with van der Waals surface area (Å²) < 4.78 is 39.8. The lowest BCUT2D eigenvalue weighted by Gasteiger charge is -2.23. The van der Waals surface area contributed by atoms with Crippen LogP contribution in [0.15, 0.2) is 66.1 Å². The van der Waals surface area contributed by atoms with E-state index in [-0.39, 0.29) is 17.1 Å². The van der Waals surface area contributed by atoms with E-state index in [2.05, 4.69) is 6.58 Å². The number of nitrogens with zero attached hydrogens (tertiary/aromatic N) is 1. The van der Waals surface area contributed by atoms with Gasteiger partial charge in [-0.1, -0.05) is 23.7 Å². The Morgan fingerprint density at radius 1 is 1.19 bits per heavy atom. The molecule has 0 heterocycles. The zero-order chi connectivity index (χ0) is 15.5. The molecule has 0 spiro atoms. The maximum absolute atomic E-state index is 13.3. The first-order chi connectivity index (χ1) is 9.95. The van der Waals surface area contributed by atoms with Crippen LogP contribution in [0, 0.1) is 5.82 Å². The van der Waals surface area contributed by atoms with Gasteiger partial charge in [-0.15, -0.1) is 6.58 Å². The molecular formula is C15H13ClFNO2S. The summed E-state index contributed by atoms with van der Waals surface area (Å²) in [6, 6.07) is 11.2. The Kier molecular flexibility index (Phi) is 4.65. The average Bonchev–Trinajstić information content (AvgIpc) is 2.45. The molecule has 0 saturated heterocycles. The van der Waals surface area contributed by atoms with Crippen molar-refractivity contribution in [3.8, 4) is 0 Å². The standard InChI is InChI=1S/C15H13ClFNO2S/c1-2-10-18(14-5-3-4-13(17)11-14)21(19,20)15-8-6-12(16)7-9-15/h2-9,11H,1,10H2. The number of hydrogen-bond donors (Lipinski definition) is 0. The minimum atomic E-state index is -3.81. The van der Waals surface area contributed by atoms with Crippen molar-refractivity contribution in [2.45, 2.75) is 4.90 Å². The predicted octanol–water partition coefficient (Wildman–Crippen LogP) is 3.86. The van der Waals surface area contributed by atoms with Gasteiger partial charge in [0.15, 0.2) is 0 Å². The van der Waals surface area contributed by atoms with E-state index >= 15 is 0 Å². The van der Waals surface area contributed by atoms with Crippen molar-refractivity contribution in [1.82, 2.24) is 0 Å². The number of halogens is 2. The Hall–Kier alpha value is -1.85. The van der Waals surface area contributed by atoms with E-state index in [1.807, 2.05) is 0 Å². The zero-order valence-electron chi connectivity index (χ0n) is 11.0. The number of hydrogen-bond acceptors (Lipinski definition) is 2. The summed E-state index contributed by atoms with van der Waals surface area (Å²) >= 11 is 5.77. The van der Waals surface area contributed by atoms with Crippen LogP contribution in [0.5, 0.6) is 0 Å². The molecule has 0 fully saturated rings. The fourth-order valence-corrected chi connectivity index (χ4v) is 3.38. The monoisotopic (exact) mass is 325 g/mol. The van der Waals surface area contributed by atoms with Gasteiger partial charge >= 0.3 is 0 Å². The smallest absolute Gasteiger partial charge is 0.262 e. The molecule has 0 bridgehead atoms. The van der Waals surface area contributed by atoms with Gasteiger partial charge in [-0.25, -0.2) is 12.8 Å². The summed E-state index contributed by atoms with van der Waals surface area (Å²) in [5, 5.41) is 0.440. The van der Waals surface area contributed by atoms with Gasteiger partial charge in [0, 0.05) is 5.02 Å². The van der Waals surface area contributed by atoms with Crippen molar-refractivity contribution >= 4 is 27.3 Å². The fraction of sp³-hybridized carbons (Fsp3) is 0.0667. The SMILES string of the molecule is C=CCN(c1cccc(F)c1)S(=O)(=O)c1ccc(Cl)cc1. The highest BCUT2D eigenvalue weighted by atomic mass is 35.5. The number of benzene rings is 2. The first-order valence-electron chi connectivity index (χ1n) is 6.10. The first-order valence-corrected chi connectivity index (χ1v) is 7.92. The van der Waals surface area contributed by atoms with E-state index < -0.39 is 15.8 Å². The van der Waals surface area contributed by atoms with E-state index in [9.17, 15) is 12.8 Å². The van der Waals surface area contributed by atoms with Crippen molar-refractivity contribution in [3.63, 3.8) is 0 Å². The summed E-state index contributed by atoms with van der Waals surface area (Å²) in [4.78, 5) is 0.0815. The molecule has 0 aliphatic rings. The van der Waals surface area contributed by atoms with Crippen molar-refractivity contribution < 1.29 is 12.8 Å². The van der Waals surface area contributed by atoms with Crippen molar-refractivity contribution in [1.29, 1.82) is 0 Å². The Bertz CT molecular complexity index is 745. The molecular weight excluding hydrogens is 313 g/mol. The zero-order valence-corrected chi connectivity index (χ0v) is 12.6. The maximum Gasteiger partial charge on any atom is 0.264 e. The molecule has 0 aliphatic carbocycles. The Morgan fingerprint density at radius 2 is 1.86 bits per heavy atom. The minimum Gasteiger partial charge on any atom is -0.262 e. The molecule has 0 radical (unpaired) electrons. The highest BCUT2D eigenvalue weighted by molar-refractivity contribution is 7.92. The second kappa shape index (κ2) is 6.28. The third kappa shape index (κ3) is 3.43. The normalized spacial score (nSPS) is 11.1. The lowest BCUT2D eigenvalue weighted by Crippen LogP contribution is -2.31. The predicted molar refractivity (Wildman–Crippen MR) is 82.6 cm³/mol. The Balaban J connectivity index is 2.50. The van der Waals surface area contributed by atoms with E-state index in [4.69, 9.17) is 11.6 Å². The van der Waals surface area contributed by atoms with E-state index in [1.165, 1.54) is 48.5 Å². The van der Waals surface area contributed by atoms with Gasteiger partial charge in [0.05, 0.1) is 17.1 Å². The molecule has 0 N–H and O–H groups in total. The van der Waals surface area contributed by atoms with Crippen LogP contribution in [-0.4, -0.2) is 15.0 Å². The van der Waals surface area contributed by atoms with Gasteiger partial charge in [0.1, 0.15) is 5.82 Å². The van der Waals surface area contributed by atoms with Crippen LogP contribution in [0.4, 0.5) is 10.1 Å². The van der Waals surface area contributed by atoms with Crippen LogP contribution in [-0.2, 0) is 10.0 Å². The Morgan fingerprint density at radius 3 is 2.43 bits per heavy atom. The van der Waals surface area contributed by atoms with Gasteiger partial charge in [0.2, 0.25) is 0 Å². The molecule has 0 aromatic heterocycles. The summed E-state index contributed by atoms with van der Waals surface area (Å²) in [7, 11) is -3.81. The number of anilines is 1. The van der Waals surface area contributed by atoms with Crippen molar-refractivity contribution in [2.24, 2.45) is 0 Å². The molecule has 110 valence electrons. The average molecular weight is 326 g/mol. The molecule has 2 aromatic rings. The van der Waals surface area contributed by atoms with Gasteiger partial charge in [0.25, 0.3) is 10.0 Å². The van der Waals surface area contributed by atoms with Crippen LogP contribution in [0.1, 0.15) is 0 Å². The van der Waals surface area contributed by atoms with Gasteiger partial charge < -0.3 is 0 Å². The molecule has 0 aliphatic heterocycles. The molecule has 3 nitrogen and oxygen atoms in total. The minimum absolute atomic E-state index is 0.0361. The van der Waals surface area contributed by atoms with Crippen LogP contribution >= 0.6 is 11.6 Å². The Labute approximate surface area is 128 Å². The fourth-order valence-electron chi connectivity index (χ4n) is 1.82. The number of rotatable bonds is 5. The largest absolute Gasteiger partial charge is 0.264 e. The molecule has 6 heteroatoms. The third-order valence-corrected chi connectivity index (χ3v) is 4.85. The number of sulfonamides is 1. The first kappa shape index (κ1) is 15.5. The lowest BCUT2D eigenvalue weighted by molar-refractivity contribution is 0.592. The highest BCUT2D eigenvalue weighted by Crippen LogP contribution is 2.25. The maximum atomic E-state index is 13.3. The molecule has 0 saturated carbocycles. The van der Waals surface area contributed by atoms with Crippen molar-refractivity contribution in [3.05, 3.63) is 72.0 Å².